The molecule has 0 radical (unpaired) electrons. The van der Waals surface area contributed by atoms with Crippen LogP contribution in [-0.2, 0) is 0 Å². The maximum atomic E-state index is 11.7. The van der Waals surface area contributed by atoms with Crippen LogP contribution in [-0.4, -0.2) is 24.3 Å². The molecule has 0 atom stereocenters. The van der Waals surface area contributed by atoms with Gasteiger partial charge in [-0.15, -0.1) is 0 Å². The lowest BCUT2D eigenvalue weighted by Crippen LogP contribution is -2.10. The van der Waals surface area contributed by atoms with Gasteiger partial charge in [0, 0.05) is 116 Å². The molecule has 16 heteroatoms. The number of nitrogens with zero attached hydrogens (tertiary/aromatic N) is 8. The highest BCUT2D eigenvalue weighted by molar-refractivity contribution is 6.12. The summed E-state index contributed by atoms with van der Waals surface area (Å²) in [5.41, 5.74) is 8.44. The Labute approximate surface area is 420 Å². The molecule has 0 saturated carbocycles. The van der Waals surface area contributed by atoms with Gasteiger partial charge in [-0.05, 0) is 133 Å². The molecule has 74 heavy (non-hydrogen) atoms. The number of hydrogen-bond donors (Lipinski definition) is 0. The molecule has 0 aliphatic heterocycles. The minimum absolute atomic E-state index is 0.107. The number of fused-ring (bicyclic) bond motifs is 4. The van der Waals surface area contributed by atoms with Crippen LogP contribution in [0.15, 0.2) is 231 Å². The monoisotopic (exact) mass is 974 g/mol. The molecule has 16 nitrogen and oxygen atoms in total. The highest BCUT2D eigenvalue weighted by atomic mass is 16.6. The third-order valence-corrected chi connectivity index (χ3v) is 12.9. The third-order valence-electron chi connectivity index (χ3n) is 12.9. The fourth-order valence-corrected chi connectivity index (χ4v) is 9.50. The molecule has 0 aliphatic rings. The van der Waals surface area contributed by atoms with E-state index < -0.39 is 19.7 Å². The topological polar surface area (TPSA) is 187 Å². The van der Waals surface area contributed by atoms with E-state index in [-0.39, 0.29) is 22.7 Å². The van der Waals surface area contributed by atoms with Crippen molar-refractivity contribution in [2.24, 2.45) is 0 Å². The Balaban J connectivity index is 1.12. The number of nitro benzene ring substituents is 4. The molecule has 0 fully saturated rings. The maximum absolute atomic E-state index is 11.7. The standard InChI is InChI=1S/C58H38N8O8/c67-63(68)47-25-17-41(18-26-47)59(42-19-27-48(28-20-42)64(69)70)51-33-35-57-54(37-51)55-38-52(60(43-21-29-49(30-22-43)65(71)72)44-23-31-50(32-24-44)66(73)74)34-36-58(55)62(57)46-15-13-45(14-16-46)61(40-9-2-1-3-10-40)56-12-6-8-39-7-4-5-11-53(39)56/h1-38H. The Morgan fingerprint density at radius 3 is 1.05 bits per heavy atom. The highest BCUT2D eigenvalue weighted by Gasteiger charge is 2.23. The molecule has 0 unspecified atom stereocenters. The molecule has 0 N–H and O–H groups in total. The van der Waals surface area contributed by atoms with Crippen LogP contribution in [0.25, 0.3) is 38.3 Å². The lowest BCUT2D eigenvalue weighted by atomic mass is 10.1. The second kappa shape index (κ2) is 18.9. The van der Waals surface area contributed by atoms with Crippen molar-refractivity contribution in [1.82, 2.24) is 4.57 Å². The maximum Gasteiger partial charge on any atom is 0.269 e. The number of aromatic nitrogens is 1. The molecule has 0 saturated heterocycles. The minimum atomic E-state index is -0.482. The fourth-order valence-electron chi connectivity index (χ4n) is 9.50. The van der Waals surface area contributed by atoms with Crippen LogP contribution in [0.5, 0.6) is 0 Å². The van der Waals surface area contributed by atoms with Gasteiger partial charge in [-0.2, -0.15) is 0 Å². The first kappa shape index (κ1) is 45.7. The minimum Gasteiger partial charge on any atom is -0.310 e. The zero-order valence-corrected chi connectivity index (χ0v) is 38.8. The lowest BCUT2D eigenvalue weighted by Gasteiger charge is -2.27. The van der Waals surface area contributed by atoms with E-state index in [0.717, 1.165) is 55.3 Å². The van der Waals surface area contributed by atoms with Gasteiger partial charge >= 0.3 is 0 Å². The van der Waals surface area contributed by atoms with E-state index in [1.165, 1.54) is 48.5 Å². The number of nitro groups is 4. The summed E-state index contributed by atoms with van der Waals surface area (Å²) in [4.78, 5) is 51.0. The largest absolute Gasteiger partial charge is 0.310 e. The van der Waals surface area contributed by atoms with Crippen LogP contribution in [0.4, 0.5) is 73.9 Å². The molecule has 358 valence electrons. The molecule has 10 aromatic carbocycles. The summed E-state index contributed by atoms with van der Waals surface area (Å²) in [6.07, 6.45) is 0. The first-order valence-electron chi connectivity index (χ1n) is 23.1. The van der Waals surface area contributed by atoms with Crippen LogP contribution >= 0.6 is 0 Å². The molecule has 11 aromatic rings. The molecule has 0 aliphatic carbocycles. The predicted octanol–water partition coefficient (Wildman–Crippen LogP) is 16.0. The van der Waals surface area contributed by atoms with Crippen LogP contribution in [0.2, 0.25) is 0 Å². The number of hydrogen-bond acceptors (Lipinski definition) is 11. The molecular weight excluding hydrogens is 937 g/mol. The van der Waals surface area contributed by atoms with Crippen molar-refractivity contribution in [3.63, 3.8) is 0 Å². The van der Waals surface area contributed by atoms with Gasteiger partial charge in [0.15, 0.2) is 0 Å². The van der Waals surface area contributed by atoms with Gasteiger partial charge < -0.3 is 19.3 Å². The van der Waals surface area contributed by atoms with Crippen molar-refractivity contribution in [3.8, 4) is 5.69 Å². The molecule has 0 amide bonds. The predicted molar refractivity (Wildman–Crippen MR) is 289 cm³/mol. The van der Waals surface area contributed by atoms with E-state index >= 15 is 0 Å². The number of non-ortho nitro benzene ring substituents is 4. The highest BCUT2D eigenvalue weighted by Crippen LogP contribution is 2.45. The Bertz CT molecular complexity index is 3670. The first-order chi connectivity index (χ1) is 36.0. The number of benzene rings is 10. The molecule has 11 rings (SSSR count). The second-order valence-corrected chi connectivity index (χ2v) is 17.2. The zero-order chi connectivity index (χ0) is 51.0. The summed E-state index contributed by atoms with van der Waals surface area (Å²) in [6, 6.07) is 69.0. The molecule has 0 bridgehead atoms. The third kappa shape index (κ3) is 8.45. The van der Waals surface area contributed by atoms with E-state index in [9.17, 15) is 40.5 Å². The van der Waals surface area contributed by atoms with E-state index in [0.29, 0.717) is 34.1 Å². The van der Waals surface area contributed by atoms with Crippen molar-refractivity contribution < 1.29 is 19.7 Å². The van der Waals surface area contributed by atoms with Gasteiger partial charge in [0.2, 0.25) is 0 Å². The van der Waals surface area contributed by atoms with E-state index in [1.807, 2.05) is 76.5 Å². The lowest BCUT2D eigenvalue weighted by molar-refractivity contribution is -0.385. The summed E-state index contributed by atoms with van der Waals surface area (Å²) >= 11 is 0. The van der Waals surface area contributed by atoms with Crippen molar-refractivity contribution >= 4 is 107 Å². The SMILES string of the molecule is O=[N+]([O-])c1ccc(N(c2ccc([N+](=O)[O-])cc2)c2ccc3c(c2)c2cc(N(c4ccc([N+](=O)[O-])cc4)c4ccc([N+](=O)[O-])cc4)ccc2n3-c2ccc(N(c3ccccc3)c3cccc4ccccc34)cc2)cc1. The van der Waals surface area contributed by atoms with E-state index in [1.54, 1.807) is 48.5 Å². The average Bonchev–Trinajstić information content (AvgIpc) is 3.75. The second-order valence-electron chi connectivity index (χ2n) is 17.2. The van der Waals surface area contributed by atoms with Crippen molar-refractivity contribution in [2.75, 3.05) is 14.7 Å². The first-order valence-corrected chi connectivity index (χ1v) is 23.1. The Morgan fingerprint density at radius 2 is 0.635 bits per heavy atom. The van der Waals surface area contributed by atoms with Gasteiger partial charge in [0.05, 0.1) is 36.4 Å². The van der Waals surface area contributed by atoms with Crippen LogP contribution in [0.3, 0.4) is 0 Å². The molecule has 1 aromatic heterocycles. The van der Waals surface area contributed by atoms with Crippen molar-refractivity contribution in [3.05, 3.63) is 271 Å². The van der Waals surface area contributed by atoms with Gasteiger partial charge in [-0.25, -0.2) is 0 Å². The van der Waals surface area contributed by atoms with Crippen molar-refractivity contribution in [2.45, 2.75) is 0 Å². The van der Waals surface area contributed by atoms with Crippen LogP contribution in [0.1, 0.15) is 0 Å². The smallest absolute Gasteiger partial charge is 0.269 e. The summed E-state index contributed by atoms with van der Waals surface area (Å²) in [5, 5.41) is 50.8. The van der Waals surface area contributed by atoms with Crippen LogP contribution < -0.4 is 14.7 Å². The van der Waals surface area contributed by atoms with E-state index in [2.05, 4.69) is 76.2 Å². The van der Waals surface area contributed by atoms with Gasteiger partial charge in [-0.3, -0.25) is 40.5 Å². The molecule has 1 heterocycles. The normalized spacial score (nSPS) is 11.1. The molecule has 0 spiro atoms. The van der Waals surface area contributed by atoms with Gasteiger partial charge in [-0.1, -0.05) is 54.6 Å². The van der Waals surface area contributed by atoms with Gasteiger partial charge in [0.25, 0.3) is 22.7 Å². The van der Waals surface area contributed by atoms with Crippen LogP contribution in [0, 0.1) is 40.5 Å². The number of anilines is 9. The van der Waals surface area contributed by atoms with Gasteiger partial charge in [0.1, 0.15) is 0 Å². The fraction of sp³-hybridized carbons (Fsp3) is 0. The zero-order valence-electron chi connectivity index (χ0n) is 38.8. The Morgan fingerprint density at radius 1 is 0.297 bits per heavy atom. The quantitative estimate of drug-likeness (QED) is 0.0745. The summed E-state index contributed by atoms with van der Waals surface area (Å²) in [6.45, 7) is 0. The van der Waals surface area contributed by atoms with E-state index in [4.69, 9.17) is 0 Å². The average molecular weight is 975 g/mol. The number of rotatable bonds is 14. The number of para-hydroxylation sites is 1. The summed E-state index contributed by atoms with van der Waals surface area (Å²) in [7, 11) is 0. The Hall–Kier alpha value is -10.7. The Kier molecular flexibility index (Phi) is 11.7. The summed E-state index contributed by atoms with van der Waals surface area (Å²) < 4.78 is 2.15. The summed E-state index contributed by atoms with van der Waals surface area (Å²) in [5.74, 6) is 0. The van der Waals surface area contributed by atoms with Crippen molar-refractivity contribution in [1.29, 1.82) is 0 Å². The molecular formula is C58H38N8O8.